The summed E-state index contributed by atoms with van der Waals surface area (Å²) >= 11 is 5.26. The van der Waals surface area contributed by atoms with Gasteiger partial charge in [0.05, 0.1) is 11.1 Å². The van der Waals surface area contributed by atoms with Crippen LogP contribution in [-0.4, -0.2) is 10.9 Å². The molecule has 3 aromatic rings. The van der Waals surface area contributed by atoms with E-state index in [9.17, 15) is 4.79 Å². The van der Waals surface area contributed by atoms with Crippen LogP contribution in [-0.2, 0) is 0 Å². The topological polar surface area (TPSA) is 42.0 Å². The number of hydrogen-bond donors (Lipinski definition) is 1. The van der Waals surface area contributed by atoms with Crippen LogP contribution in [0.3, 0.4) is 0 Å². The molecular weight excluding hydrogens is 403 g/mol. The second kappa shape index (κ2) is 6.02. The summed E-state index contributed by atoms with van der Waals surface area (Å²) in [7, 11) is 0. The minimum absolute atomic E-state index is 0.119. The van der Waals surface area contributed by atoms with Gasteiger partial charge in [-0.1, -0.05) is 6.07 Å². The van der Waals surface area contributed by atoms with E-state index in [1.54, 1.807) is 17.5 Å². The molecule has 3 nitrogen and oxygen atoms in total. The van der Waals surface area contributed by atoms with Gasteiger partial charge in [-0.05, 0) is 58.3 Å². The van der Waals surface area contributed by atoms with Crippen molar-refractivity contribution in [3.63, 3.8) is 0 Å². The van der Waals surface area contributed by atoms with E-state index in [2.05, 4.69) is 32.9 Å². The predicted molar refractivity (Wildman–Crippen MR) is 92.5 cm³/mol. The molecule has 0 unspecified atom stereocenters. The minimum atomic E-state index is -0.119. The number of thiazole rings is 1. The molecule has 0 aliphatic rings. The van der Waals surface area contributed by atoms with Crippen molar-refractivity contribution in [2.45, 2.75) is 0 Å². The molecule has 0 bridgehead atoms. The largest absolute Gasteiger partial charge is 0.321 e. The van der Waals surface area contributed by atoms with Crippen LogP contribution in [0.5, 0.6) is 0 Å². The third-order valence-corrected chi connectivity index (χ3v) is 5.32. The van der Waals surface area contributed by atoms with Gasteiger partial charge in [0.15, 0.2) is 0 Å². The molecule has 0 atom stereocenters. The average molecular weight is 412 g/mol. The molecule has 1 aromatic carbocycles. The fourth-order valence-corrected chi connectivity index (χ4v) is 3.59. The van der Waals surface area contributed by atoms with Gasteiger partial charge in [0.25, 0.3) is 5.91 Å². The third-order valence-electron chi connectivity index (χ3n) is 2.56. The second-order valence-corrected chi connectivity index (χ2v) is 7.19. The number of halogens is 1. The normalized spacial score (nSPS) is 10.4. The number of nitrogens with zero attached hydrogens (tertiary/aromatic N) is 1. The Hall–Kier alpha value is -1.25. The molecule has 6 heteroatoms. The van der Waals surface area contributed by atoms with Crippen LogP contribution >= 0.6 is 45.3 Å². The summed E-state index contributed by atoms with van der Waals surface area (Å²) in [6, 6.07) is 11.7. The summed E-state index contributed by atoms with van der Waals surface area (Å²) in [5.41, 5.74) is 0.793. The van der Waals surface area contributed by atoms with Gasteiger partial charge in [0.1, 0.15) is 9.88 Å². The SMILES string of the molecule is O=C(Nc1ccc(I)cc1)c1cnc(-c2cccs2)s1. The molecule has 0 saturated heterocycles. The summed E-state index contributed by atoms with van der Waals surface area (Å²) < 4.78 is 1.14. The fourth-order valence-electron chi connectivity index (χ4n) is 1.62. The van der Waals surface area contributed by atoms with Gasteiger partial charge in [-0.15, -0.1) is 22.7 Å². The first-order chi connectivity index (χ1) is 9.72. The summed E-state index contributed by atoms with van der Waals surface area (Å²) in [6.45, 7) is 0. The Labute approximate surface area is 137 Å². The standard InChI is InChI=1S/C14H9IN2OS2/c15-9-3-5-10(6-4-9)17-13(18)12-8-16-14(20-12)11-2-1-7-19-11/h1-8H,(H,17,18). The molecule has 0 aliphatic carbocycles. The Morgan fingerprint density at radius 1 is 1.20 bits per heavy atom. The summed E-state index contributed by atoms with van der Waals surface area (Å²) in [4.78, 5) is 18.1. The van der Waals surface area contributed by atoms with E-state index in [0.29, 0.717) is 4.88 Å². The first-order valence-corrected chi connectivity index (χ1v) is 8.56. The van der Waals surface area contributed by atoms with Crippen LogP contribution in [0, 0.1) is 3.57 Å². The van der Waals surface area contributed by atoms with Gasteiger partial charge in [0, 0.05) is 9.26 Å². The van der Waals surface area contributed by atoms with Gasteiger partial charge in [-0.2, -0.15) is 0 Å². The first-order valence-electron chi connectivity index (χ1n) is 5.79. The number of carbonyl (C=O) groups is 1. The van der Waals surface area contributed by atoms with Crippen molar-refractivity contribution in [2.75, 3.05) is 5.32 Å². The molecule has 0 aliphatic heterocycles. The van der Waals surface area contributed by atoms with Crippen molar-refractivity contribution >= 4 is 56.9 Å². The quantitative estimate of drug-likeness (QED) is 0.633. The first kappa shape index (κ1) is 13.7. The Morgan fingerprint density at radius 3 is 2.70 bits per heavy atom. The molecule has 0 spiro atoms. The van der Waals surface area contributed by atoms with E-state index >= 15 is 0 Å². The van der Waals surface area contributed by atoms with E-state index < -0.39 is 0 Å². The zero-order valence-electron chi connectivity index (χ0n) is 10.2. The highest BCUT2D eigenvalue weighted by Gasteiger charge is 2.12. The maximum atomic E-state index is 12.1. The lowest BCUT2D eigenvalue weighted by Gasteiger charge is -2.02. The van der Waals surface area contributed by atoms with Crippen molar-refractivity contribution in [1.82, 2.24) is 4.98 Å². The zero-order chi connectivity index (χ0) is 13.9. The fraction of sp³-hybridized carbons (Fsp3) is 0. The minimum Gasteiger partial charge on any atom is -0.321 e. The van der Waals surface area contributed by atoms with Crippen LogP contribution < -0.4 is 5.32 Å². The molecule has 2 aromatic heterocycles. The Morgan fingerprint density at radius 2 is 2.00 bits per heavy atom. The van der Waals surface area contributed by atoms with Crippen LogP contribution in [0.4, 0.5) is 5.69 Å². The summed E-state index contributed by atoms with van der Waals surface area (Å²) in [6.07, 6.45) is 1.63. The van der Waals surface area contributed by atoms with E-state index in [0.717, 1.165) is 19.1 Å². The van der Waals surface area contributed by atoms with E-state index in [1.807, 2.05) is 41.8 Å². The summed E-state index contributed by atoms with van der Waals surface area (Å²) in [5, 5.41) is 5.76. The van der Waals surface area contributed by atoms with Gasteiger partial charge in [-0.25, -0.2) is 4.98 Å². The van der Waals surface area contributed by atoms with E-state index in [1.165, 1.54) is 11.3 Å². The Balaban J connectivity index is 1.76. The highest BCUT2D eigenvalue weighted by atomic mass is 127. The predicted octanol–water partition coefficient (Wildman–Crippen LogP) is 4.73. The van der Waals surface area contributed by atoms with E-state index in [-0.39, 0.29) is 5.91 Å². The average Bonchev–Trinajstić information content (AvgIpc) is 3.11. The number of thiophene rings is 1. The summed E-state index contributed by atoms with van der Waals surface area (Å²) in [5.74, 6) is -0.119. The van der Waals surface area contributed by atoms with Gasteiger partial charge < -0.3 is 5.32 Å². The zero-order valence-corrected chi connectivity index (χ0v) is 14.0. The molecule has 20 heavy (non-hydrogen) atoms. The highest BCUT2D eigenvalue weighted by Crippen LogP contribution is 2.29. The lowest BCUT2D eigenvalue weighted by Crippen LogP contribution is -2.09. The molecule has 1 N–H and O–H groups in total. The molecule has 0 radical (unpaired) electrons. The number of hydrogen-bond acceptors (Lipinski definition) is 4. The molecule has 0 fully saturated rings. The molecular formula is C14H9IN2OS2. The number of amides is 1. The van der Waals surface area contributed by atoms with Gasteiger partial charge >= 0.3 is 0 Å². The smallest absolute Gasteiger partial charge is 0.267 e. The maximum absolute atomic E-state index is 12.1. The van der Waals surface area contributed by atoms with Crippen molar-refractivity contribution in [3.05, 3.63) is 56.4 Å². The van der Waals surface area contributed by atoms with Crippen molar-refractivity contribution < 1.29 is 4.79 Å². The van der Waals surface area contributed by atoms with Gasteiger partial charge in [0.2, 0.25) is 0 Å². The molecule has 0 saturated carbocycles. The highest BCUT2D eigenvalue weighted by molar-refractivity contribution is 14.1. The lowest BCUT2D eigenvalue weighted by molar-refractivity contribution is 0.103. The van der Waals surface area contributed by atoms with Crippen LogP contribution in [0.15, 0.2) is 48.0 Å². The number of anilines is 1. The number of aromatic nitrogens is 1. The van der Waals surface area contributed by atoms with Crippen molar-refractivity contribution in [1.29, 1.82) is 0 Å². The lowest BCUT2D eigenvalue weighted by atomic mass is 10.3. The van der Waals surface area contributed by atoms with Crippen molar-refractivity contribution in [2.24, 2.45) is 0 Å². The number of carbonyl (C=O) groups excluding carboxylic acids is 1. The Kier molecular flexibility index (Phi) is 4.13. The second-order valence-electron chi connectivity index (χ2n) is 3.97. The van der Waals surface area contributed by atoms with Crippen molar-refractivity contribution in [3.8, 4) is 9.88 Å². The Bertz CT molecular complexity index is 720. The van der Waals surface area contributed by atoms with E-state index in [4.69, 9.17) is 0 Å². The van der Waals surface area contributed by atoms with Crippen LogP contribution in [0.1, 0.15) is 9.67 Å². The monoisotopic (exact) mass is 412 g/mol. The number of rotatable bonds is 3. The molecule has 3 rings (SSSR count). The van der Waals surface area contributed by atoms with Gasteiger partial charge in [-0.3, -0.25) is 4.79 Å². The maximum Gasteiger partial charge on any atom is 0.267 e. The number of nitrogens with one attached hydrogen (secondary N) is 1. The molecule has 1 amide bonds. The molecule has 2 heterocycles. The van der Waals surface area contributed by atoms with Crippen LogP contribution in [0.25, 0.3) is 9.88 Å². The third kappa shape index (κ3) is 3.08. The molecule has 100 valence electrons. The van der Waals surface area contributed by atoms with Crippen LogP contribution in [0.2, 0.25) is 0 Å². The number of benzene rings is 1.